The number of hydrogen-bond acceptors (Lipinski definition) is 0. The Labute approximate surface area is 139 Å². The van der Waals surface area contributed by atoms with Crippen molar-refractivity contribution in [1.29, 1.82) is 0 Å². The van der Waals surface area contributed by atoms with Crippen LogP contribution < -0.4 is 0 Å². The highest BCUT2D eigenvalue weighted by Gasteiger charge is 2.30. The Balaban J connectivity index is 1.51. The van der Waals surface area contributed by atoms with Gasteiger partial charge in [-0.15, -0.1) is 0 Å². The highest BCUT2D eigenvalue weighted by molar-refractivity contribution is 5.22. The van der Waals surface area contributed by atoms with Gasteiger partial charge in [-0.25, -0.2) is 8.78 Å². The highest BCUT2D eigenvalue weighted by atomic mass is 19.2. The average Bonchev–Trinajstić information content (AvgIpc) is 2.59. The summed E-state index contributed by atoms with van der Waals surface area (Å²) in [6, 6.07) is 4.45. The highest BCUT2D eigenvalue weighted by Crippen LogP contribution is 2.44. The van der Waals surface area contributed by atoms with Crippen molar-refractivity contribution in [2.75, 3.05) is 0 Å². The van der Waals surface area contributed by atoms with Crippen LogP contribution in [-0.4, -0.2) is 0 Å². The smallest absolute Gasteiger partial charge is 0.159 e. The SMILES string of the molecule is CC=C[C@H]1CC[C@H]([C@H]2CC[C@H](c3ccc(F)c(F)c3)CC2)CC1. The van der Waals surface area contributed by atoms with Crippen LogP contribution in [-0.2, 0) is 0 Å². The minimum atomic E-state index is -0.736. The van der Waals surface area contributed by atoms with Crippen LogP contribution in [0, 0.1) is 29.4 Å². The van der Waals surface area contributed by atoms with Gasteiger partial charge >= 0.3 is 0 Å². The molecular weight excluding hydrogens is 290 g/mol. The third-order valence-electron chi connectivity index (χ3n) is 6.13. The van der Waals surface area contributed by atoms with Gasteiger partial charge in [-0.2, -0.15) is 0 Å². The second-order valence-corrected chi connectivity index (χ2v) is 7.49. The fourth-order valence-electron chi connectivity index (χ4n) is 4.77. The van der Waals surface area contributed by atoms with Crippen molar-refractivity contribution in [1.82, 2.24) is 0 Å². The molecule has 0 spiro atoms. The van der Waals surface area contributed by atoms with Crippen LogP contribution in [0.25, 0.3) is 0 Å². The van der Waals surface area contributed by atoms with Crippen LogP contribution in [0.2, 0.25) is 0 Å². The quantitative estimate of drug-likeness (QED) is 0.549. The Kier molecular flexibility index (Phi) is 5.50. The molecule has 0 radical (unpaired) electrons. The lowest BCUT2D eigenvalue weighted by atomic mass is 9.68. The molecule has 3 rings (SSSR count). The Hall–Kier alpha value is -1.18. The van der Waals surface area contributed by atoms with Gasteiger partial charge in [0.1, 0.15) is 0 Å². The van der Waals surface area contributed by atoms with Gasteiger partial charge < -0.3 is 0 Å². The van der Waals surface area contributed by atoms with Gasteiger partial charge in [0.05, 0.1) is 0 Å². The molecule has 0 bridgehead atoms. The third kappa shape index (κ3) is 4.02. The van der Waals surface area contributed by atoms with Gasteiger partial charge in [-0.1, -0.05) is 18.2 Å². The van der Waals surface area contributed by atoms with Crippen LogP contribution in [0.4, 0.5) is 8.78 Å². The molecule has 126 valence electrons. The van der Waals surface area contributed by atoms with Gasteiger partial charge in [-0.05, 0) is 99.7 Å². The first kappa shape index (κ1) is 16.7. The molecule has 2 saturated carbocycles. The van der Waals surface area contributed by atoms with Crippen LogP contribution in [0.5, 0.6) is 0 Å². The van der Waals surface area contributed by atoms with Gasteiger partial charge in [0.15, 0.2) is 11.6 Å². The van der Waals surface area contributed by atoms with Gasteiger partial charge in [-0.3, -0.25) is 0 Å². The molecule has 0 heterocycles. The van der Waals surface area contributed by atoms with E-state index in [2.05, 4.69) is 19.1 Å². The Bertz CT molecular complexity index is 533. The largest absolute Gasteiger partial charge is 0.204 e. The van der Waals surface area contributed by atoms with E-state index in [1.807, 2.05) is 0 Å². The predicted octanol–water partition coefficient (Wildman–Crippen LogP) is 6.62. The maximum absolute atomic E-state index is 13.4. The van der Waals surface area contributed by atoms with Crippen LogP contribution in [0.15, 0.2) is 30.4 Å². The first-order chi connectivity index (χ1) is 11.2. The fraction of sp³-hybridized carbons (Fsp3) is 0.619. The lowest BCUT2D eigenvalue weighted by Gasteiger charge is -2.37. The van der Waals surface area contributed by atoms with Gasteiger partial charge in [0.2, 0.25) is 0 Å². The number of rotatable bonds is 3. The standard InChI is InChI=1S/C21H28F2/c1-2-3-15-4-6-16(7-5-15)17-8-10-18(11-9-17)19-12-13-20(22)21(23)14-19/h2-3,12-18H,4-11H2,1H3/t15-,16-,17-,18-. The maximum atomic E-state index is 13.4. The summed E-state index contributed by atoms with van der Waals surface area (Å²) in [5.74, 6) is 1.52. The lowest BCUT2D eigenvalue weighted by Crippen LogP contribution is -2.25. The van der Waals surface area contributed by atoms with E-state index in [1.54, 1.807) is 6.07 Å². The maximum Gasteiger partial charge on any atom is 0.159 e. The van der Waals surface area contributed by atoms with E-state index in [0.29, 0.717) is 5.92 Å². The van der Waals surface area contributed by atoms with Crippen molar-refractivity contribution in [3.63, 3.8) is 0 Å². The molecule has 0 aromatic heterocycles. The average molecular weight is 318 g/mol. The summed E-state index contributed by atoms with van der Waals surface area (Å²) in [4.78, 5) is 0. The minimum absolute atomic E-state index is 0.417. The van der Waals surface area contributed by atoms with Crippen molar-refractivity contribution >= 4 is 0 Å². The molecule has 0 atom stereocenters. The molecule has 2 heteroatoms. The van der Waals surface area contributed by atoms with E-state index in [4.69, 9.17) is 0 Å². The van der Waals surface area contributed by atoms with E-state index in [0.717, 1.165) is 36.2 Å². The summed E-state index contributed by atoms with van der Waals surface area (Å²) in [7, 11) is 0. The summed E-state index contributed by atoms with van der Waals surface area (Å²) in [5.41, 5.74) is 0.985. The molecule has 0 saturated heterocycles. The molecule has 1 aromatic carbocycles. The van der Waals surface area contributed by atoms with Gasteiger partial charge in [0, 0.05) is 0 Å². The van der Waals surface area contributed by atoms with Crippen molar-refractivity contribution in [3.8, 4) is 0 Å². The summed E-state index contributed by atoms with van der Waals surface area (Å²) >= 11 is 0. The first-order valence-electron chi connectivity index (χ1n) is 9.25. The Morgan fingerprint density at radius 2 is 1.43 bits per heavy atom. The summed E-state index contributed by atoms with van der Waals surface area (Å²) in [6.45, 7) is 2.12. The zero-order valence-electron chi connectivity index (χ0n) is 14.1. The monoisotopic (exact) mass is 318 g/mol. The molecule has 0 amide bonds. The first-order valence-corrected chi connectivity index (χ1v) is 9.25. The lowest BCUT2D eigenvalue weighted by molar-refractivity contribution is 0.171. The van der Waals surface area contributed by atoms with Crippen molar-refractivity contribution in [2.45, 2.75) is 64.2 Å². The van der Waals surface area contributed by atoms with Crippen LogP contribution in [0.1, 0.15) is 69.8 Å². The summed E-state index contributed by atoms with van der Waals surface area (Å²) in [5, 5.41) is 0. The molecule has 0 aliphatic heterocycles. The predicted molar refractivity (Wildman–Crippen MR) is 91.3 cm³/mol. The number of hydrogen-bond donors (Lipinski definition) is 0. The van der Waals surface area contributed by atoms with Crippen LogP contribution in [0.3, 0.4) is 0 Å². The van der Waals surface area contributed by atoms with E-state index in [-0.39, 0.29) is 0 Å². The molecule has 1 aromatic rings. The molecular formula is C21H28F2. The van der Waals surface area contributed by atoms with Crippen LogP contribution >= 0.6 is 0 Å². The Morgan fingerprint density at radius 1 is 0.826 bits per heavy atom. The van der Waals surface area contributed by atoms with Crippen molar-refractivity contribution in [3.05, 3.63) is 47.5 Å². The molecule has 0 unspecified atom stereocenters. The minimum Gasteiger partial charge on any atom is -0.204 e. The number of allylic oxidation sites excluding steroid dienone is 2. The normalized spacial score (nSPS) is 32.3. The summed E-state index contributed by atoms with van der Waals surface area (Å²) < 4.78 is 26.5. The molecule has 0 N–H and O–H groups in total. The number of halogens is 2. The molecule has 2 fully saturated rings. The van der Waals surface area contributed by atoms with Crippen molar-refractivity contribution in [2.24, 2.45) is 17.8 Å². The van der Waals surface area contributed by atoms with Crippen molar-refractivity contribution < 1.29 is 8.78 Å². The molecule has 0 nitrogen and oxygen atoms in total. The van der Waals surface area contributed by atoms with E-state index < -0.39 is 11.6 Å². The fourth-order valence-corrected chi connectivity index (χ4v) is 4.77. The topological polar surface area (TPSA) is 0 Å². The summed E-state index contributed by atoms with van der Waals surface area (Å²) in [6.07, 6.45) is 14.8. The van der Waals surface area contributed by atoms with Gasteiger partial charge in [0.25, 0.3) is 0 Å². The zero-order chi connectivity index (χ0) is 16.2. The zero-order valence-corrected chi connectivity index (χ0v) is 14.1. The second-order valence-electron chi connectivity index (χ2n) is 7.49. The van der Waals surface area contributed by atoms with E-state index in [9.17, 15) is 8.78 Å². The number of benzene rings is 1. The van der Waals surface area contributed by atoms with E-state index in [1.165, 1.54) is 50.7 Å². The molecule has 2 aliphatic rings. The Morgan fingerprint density at radius 3 is 2.00 bits per heavy atom. The molecule has 2 aliphatic carbocycles. The van der Waals surface area contributed by atoms with E-state index >= 15 is 0 Å². The third-order valence-corrected chi connectivity index (χ3v) is 6.13. The molecule has 23 heavy (non-hydrogen) atoms. The second kappa shape index (κ2) is 7.59.